The minimum atomic E-state index is -0.993. The number of aromatic hydroxyl groups is 1. The lowest BCUT2D eigenvalue weighted by Crippen LogP contribution is -2.31. The van der Waals surface area contributed by atoms with Crippen molar-refractivity contribution in [2.45, 2.75) is 19.6 Å². The van der Waals surface area contributed by atoms with Crippen LogP contribution in [0.15, 0.2) is 24.3 Å². The SMILES string of the molecule is C[C@H](O)C(=O)NCc1ccc(O)cc1. The van der Waals surface area contributed by atoms with E-state index >= 15 is 0 Å². The van der Waals surface area contributed by atoms with Gasteiger partial charge in [-0.05, 0) is 24.6 Å². The largest absolute Gasteiger partial charge is 0.508 e. The predicted molar refractivity (Wildman–Crippen MR) is 51.6 cm³/mol. The molecule has 0 aromatic heterocycles. The van der Waals surface area contributed by atoms with Crippen molar-refractivity contribution in [2.75, 3.05) is 0 Å². The van der Waals surface area contributed by atoms with Gasteiger partial charge in [0.15, 0.2) is 0 Å². The molecule has 1 rings (SSSR count). The zero-order valence-corrected chi connectivity index (χ0v) is 7.90. The minimum absolute atomic E-state index is 0.190. The van der Waals surface area contributed by atoms with E-state index in [0.29, 0.717) is 6.54 Å². The summed E-state index contributed by atoms with van der Waals surface area (Å²) in [7, 11) is 0. The van der Waals surface area contributed by atoms with Gasteiger partial charge < -0.3 is 15.5 Å². The van der Waals surface area contributed by atoms with Gasteiger partial charge in [0.25, 0.3) is 0 Å². The first-order chi connectivity index (χ1) is 6.59. The summed E-state index contributed by atoms with van der Waals surface area (Å²) >= 11 is 0. The van der Waals surface area contributed by atoms with Gasteiger partial charge in [-0.3, -0.25) is 4.79 Å². The number of carbonyl (C=O) groups excluding carboxylic acids is 1. The highest BCUT2D eigenvalue weighted by atomic mass is 16.3. The molecule has 1 atom stereocenters. The summed E-state index contributed by atoms with van der Waals surface area (Å²) < 4.78 is 0. The van der Waals surface area contributed by atoms with Gasteiger partial charge in [0, 0.05) is 6.54 Å². The van der Waals surface area contributed by atoms with E-state index in [2.05, 4.69) is 5.32 Å². The fourth-order valence-electron chi connectivity index (χ4n) is 0.951. The third-order valence-corrected chi connectivity index (χ3v) is 1.78. The molecular formula is C10H13NO3. The average Bonchev–Trinajstić information content (AvgIpc) is 2.16. The lowest BCUT2D eigenvalue weighted by atomic mass is 10.2. The lowest BCUT2D eigenvalue weighted by molar-refractivity contribution is -0.128. The number of aliphatic hydroxyl groups excluding tert-OH is 1. The maximum absolute atomic E-state index is 11.0. The Morgan fingerprint density at radius 1 is 1.43 bits per heavy atom. The zero-order chi connectivity index (χ0) is 10.6. The molecular weight excluding hydrogens is 182 g/mol. The number of amides is 1. The Morgan fingerprint density at radius 2 is 2.00 bits per heavy atom. The van der Waals surface area contributed by atoms with E-state index in [9.17, 15) is 4.79 Å². The average molecular weight is 195 g/mol. The van der Waals surface area contributed by atoms with Crippen LogP contribution in [0.4, 0.5) is 0 Å². The summed E-state index contributed by atoms with van der Waals surface area (Å²) in [6.45, 7) is 1.76. The Bertz CT molecular complexity index is 306. The second kappa shape index (κ2) is 4.62. The third kappa shape index (κ3) is 3.06. The molecule has 1 aromatic carbocycles. The molecule has 3 N–H and O–H groups in total. The summed E-state index contributed by atoms with van der Waals surface area (Å²) in [4.78, 5) is 11.0. The highest BCUT2D eigenvalue weighted by Crippen LogP contribution is 2.09. The van der Waals surface area contributed by atoms with Crippen molar-refractivity contribution < 1.29 is 15.0 Å². The van der Waals surface area contributed by atoms with Crippen molar-refractivity contribution in [3.8, 4) is 5.75 Å². The number of phenols is 1. The van der Waals surface area contributed by atoms with Crippen LogP contribution in [0.25, 0.3) is 0 Å². The molecule has 4 nitrogen and oxygen atoms in total. The lowest BCUT2D eigenvalue weighted by Gasteiger charge is -2.06. The molecule has 76 valence electrons. The number of hydrogen-bond donors (Lipinski definition) is 3. The molecule has 0 spiro atoms. The van der Waals surface area contributed by atoms with Crippen molar-refractivity contribution in [2.24, 2.45) is 0 Å². The number of phenolic OH excluding ortho intramolecular Hbond substituents is 1. The first-order valence-corrected chi connectivity index (χ1v) is 4.33. The van der Waals surface area contributed by atoms with Crippen LogP contribution in [0.5, 0.6) is 5.75 Å². The van der Waals surface area contributed by atoms with Crippen LogP contribution in [-0.2, 0) is 11.3 Å². The van der Waals surface area contributed by atoms with Gasteiger partial charge in [-0.2, -0.15) is 0 Å². The van der Waals surface area contributed by atoms with E-state index in [1.54, 1.807) is 24.3 Å². The maximum Gasteiger partial charge on any atom is 0.248 e. The van der Waals surface area contributed by atoms with E-state index in [1.807, 2.05) is 0 Å². The molecule has 0 unspecified atom stereocenters. The van der Waals surface area contributed by atoms with Gasteiger partial charge in [-0.1, -0.05) is 12.1 Å². The van der Waals surface area contributed by atoms with Crippen LogP contribution in [0, 0.1) is 0 Å². The summed E-state index contributed by atoms with van der Waals surface area (Å²) in [6.07, 6.45) is -0.993. The van der Waals surface area contributed by atoms with Crippen molar-refractivity contribution in [1.82, 2.24) is 5.32 Å². The molecule has 1 aromatic rings. The standard InChI is InChI=1S/C10H13NO3/c1-7(12)10(14)11-6-8-2-4-9(13)5-3-8/h2-5,7,12-13H,6H2,1H3,(H,11,14)/t7-/m0/s1. The van der Waals surface area contributed by atoms with Crippen molar-refractivity contribution in [1.29, 1.82) is 0 Å². The topological polar surface area (TPSA) is 69.6 Å². The molecule has 0 bridgehead atoms. The molecule has 0 aliphatic carbocycles. The van der Waals surface area contributed by atoms with Crippen LogP contribution in [0.1, 0.15) is 12.5 Å². The number of benzene rings is 1. The number of nitrogens with one attached hydrogen (secondary N) is 1. The van der Waals surface area contributed by atoms with Crippen molar-refractivity contribution in [3.05, 3.63) is 29.8 Å². The Labute approximate surface area is 82.2 Å². The zero-order valence-electron chi connectivity index (χ0n) is 7.90. The van der Waals surface area contributed by atoms with Gasteiger partial charge in [-0.25, -0.2) is 0 Å². The predicted octanol–water partition coefficient (Wildman–Crippen LogP) is 0.389. The highest BCUT2D eigenvalue weighted by Gasteiger charge is 2.06. The Hall–Kier alpha value is -1.55. The second-order valence-corrected chi connectivity index (χ2v) is 3.06. The summed E-state index contributed by atoms with van der Waals surface area (Å²) in [5.41, 5.74) is 0.872. The molecule has 14 heavy (non-hydrogen) atoms. The minimum Gasteiger partial charge on any atom is -0.508 e. The van der Waals surface area contributed by atoms with Gasteiger partial charge in [0.1, 0.15) is 11.9 Å². The summed E-state index contributed by atoms with van der Waals surface area (Å²) in [6, 6.07) is 6.50. The van der Waals surface area contributed by atoms with Gasteiger partial charge in [0.05, 0.1) is 0 Å². The van der Waals surface area contributed by atoms with Crippen molar-refractivity contribution in [3.63, 3.8) is 0 Å². The third-order valence-electron chi connectivity index (χ3n) is 1.78. The first-order valence-electron chi connectivity index (χ1n) is 4.33. The molecule has 0 fully saturated rings. The molecule has 4 heteroatoms. The fraction of sp³-hybridized carbons (Fsp3) is 0.300. The fourth-order valence-corrected chi connectivity index (χ4v) is 0.951. The Morgan fingerprint density at radius 3 is 2.50 bits per heavy atom. The van der Waals surface area contributed by atoms with Crippen molar-refractivity contribution >= 4 is 5.91 Å². The van der Waals surface area contributed by atoms with Crippen LogP contribution >= 0.6 is 0 Å². The van der Waals surface area contributed by atoms with E-state index in [4.69, 9.17) is 10.2 Å². The molecule has 0 radical (unpaired) electrons. The van der Waals surface area contributed by atoms with Gasteiger partial charge in [-0.15, -0.1) is 0 Å². The molecule has 0 aliphatic rings. The van der Waals surface area contributed by atoms with Crippen LogP contribution in [0.3, 0.4) is 0 Å². The van der Waals surface area contributed by atoms with Gasteiger partial charge >= 0.3 is 0 Å². The molecule has 0 saturated heterocycles. The first kappa shape index (κ1) is 10.5. The number of carbonyl (C=O) groups is 1. The second-order valence-electron chi connectivity index (χ2n) is 3.06. The molecule has 0 saturated carbocycles. The summed E-state index contributed by atoms with van der Waals surface area (Å²) in [5, 5.41) is 20.4. The quantitative estimate of drug-likeness (QED) is 0.653. The van der Waals surface area contributed by atoms with E-state index in [0.717, 1.165) is 5.56 Å². The maximum atomic E-state index is 11.0. The monoisotopic (exact) mass is 195 g/mol. The highest BCUT2D eigenvalue weighted by molar-refractivity contribution is 5.79. The Kier molecular flexibility index (Phi) is 3.48. The Balaban J connectivity index is 2.46. The molecule has 0 heterocycles. The summed E-state index contributed by atoms with van der Waals surface area (Å²) in [5.74, 6) is -0.214. The number of rotatable bonds is 3. The molecule has 1 amide bonds. The molecule has 0 aliphatic heterocycles. The number of hydrogen-bond acceptors (Lipinski definition) is 3. The smallest absolute Gasteiger partial charge is 0.248 e. The number of aliphatic hydroxyl groups is 1. The normalized spacial score (nSPS) is 12.1. The van der Waals surface area contributed by atoms with E-state index < -0.39 is 12.0 Å². The van der Waals surface area contributed by atoms with Crippen LogP contribution in [-0.4, -0.2) is 22.2 Å². The van der Waals surface area contributed by atoms with Gasteiger partial charge in [0.2, 0.25) is 5.91 Å². The van der Waals surface area contributed by atoms with Crippen LogP contribution < -0.4 is 5.32 Å². The van der Waals surface area contributed by atoms with E-state index in [-0.39, 0.29) is 5.75 Å². The van der Waals surface area contributed by atoms with Crippen LogP contribution in [0.2, 0.25) is 0 Å². The van der Waals surface area contributed by atoms with E-state index in [1.165, 1.54) is 6.92 Å².